The minimum Gasteiger partial charge on any atom is -0.367 e. The van der Waals surface area contributed by atoms with Crippen LogP contribution in [0.1, 0.15) is 16.9 Å². The maximum Gasteiger partial charge on any atom is 0.267 e. The van der Waals surface area contributed by atoms with Crippen LogP contribution < -0.4 is 16.0 Å². The van der Waals surface area contributed by atoms with Gasteiger partial charge in [0.05, 0.1) is 0 Å². The van der Waals surface area contributed by atoms with E-state index in [9.17, 15) is 4.79 Å². The average Bonchev–Trinajstić information content (AvgIpc) is 2.90. The zero-order valence-corrected chi connectivity index (χ0v) is 9.60. The molecule has 1 amide bonds. The lowest BCUT2D eigenvalue weighted by molar-refractivity contribution is 0.0995. The Balaban J connectivity index is 1.88. The van der Waals surface area contributed by atoms with Crippen molar-refractivity contribution >= 4 is 11.6 Å². The van der Waals surface area contributed by atoms with Gasteiger partial charge in [0.2, 0.25) is 0 Å². The van der Waals surface area contributed by atoms with E-state index in [4.69, 9.17) is 5.73 Å². The second kappa shape index (κ2) is 4.00. The van der Waals surface area contributed by atoms with Gasteiger partial charge in [0.1, 0.15) is 5.69 Å². The van der Waals surface area contributed by atoms with Crippen molar-refractivity contribution in [3.8, 4) is 0 Å². The van der Waals surface area contributed by atoms with Gasteiger partial charge < -0.3 is 16.0 Å². The van der Waals surface area contributed by atoms with Crippen molar-refractivity contribution in [2.45, 2.75) is 12.5 Å². The van der Waals surface area contributed by atoms with E-state index >= 15 is 0 Å². The maximum absolute atomic E-state index is 11.1. The largest absolute Gasteiger partial charge is 0.367 e. The number of carbonyl (C=O) groups is 1. The zero-order valence-electron chi connectivity index (χ0n) is 9.60. The van der Waals surface area contributed by atoms with E-state index < -0.39 is 5.91 Å². The molecule has 5 nitrogen and oxygen atoms in total. The first-order chi connectivity index (χ1) is 8.25. The van der Waals surface area contributed by atoms with E-state index in [2.05, 4.69) is 15.2 Å². The summed E-state index contributed by atoms with van der Waals surface area (Å²) in [5.74, 6) is 0.271. The third kappa shape index (κ3) is 1.76. The second-order valence-electron chi connectivity index (χ2n) is 4.73. The fourth-order valence-corrected chi connectivity index (χ4v) is 2.90. The van der Waals surface area contributed by atoms with E-state index in [0.29, 0.717) is 11.7 Å². The molecule has 3 N–H and O–H groups in total. The lowest BCUT2D eigenvalue weighted by Gasteiger charge is -2.25. The molecule has 90 valence electrons. The number of aromatic nitrogens is 1. The minimum absolute atomic E-state index is 0.344. The molecule has 0 aromatic carbocycles. The van der Waals surface area contributed by atoms with Gasteiger partial charge in [-0.15, -0.1) is 0 Å². The van der Waals surface area contributed by atoms with Crippen molar-refractivity contribution in [2.75, 3.05) is 24.5 Å². The zero-order chi connectivity index (χ0) is 11.8. The third-order valence-electron chi connectivity index (χ3n) is 3.77. The fraction of sp³-hybridized carbons (Fsp3) is 0.500. The summed E-state index contributed by atoms with van der Waals surface area (Å²) in [6.07, 6.45) is 2.87. The molecule has 0 saturated carbocycles. The Morgan fingerprint density at radius 3 is 3.24 bits per heavy atom. The van der Waals surface area contributed by atoms with Crippen LogP contribution in [0.5, 0.6) is 0 Å². The molecule has 0 aliphatic carbocycles. The molecule has 0 unspecified atom stereocenters. The number of amides is 1. The van der Waals surface area contributed by atoms with Gasteiger partial charge in [0.15, 0.2) is 0 Å². The highest BCUT2D eigenvalue weighted by Gasteiger charge is 2.37. The molecule has 3 heterocycles. The van der Waals surface area contributed by atoms with Crippen LogP contribution in [-0.2, 0) is 0 Å². The highest BCUT2D eigenvalue weighted by atomic mass is 16.1. The number of hydrogen-bond donors (Lipinski definition) is 2. The third-order valence-corrected chi connectivity index (χ3v) is 3.77. The van der Waals surface area contributed by atoms with Gasteiger partial charge >= 0.3 is 0 Å². The molecular formula is C12H16N4O. The van der Waals surface area contributed by atoms with Crippen LogP contribution in [0.3, 0.4) is 0 Å². The van der Waals surface area contributed by atoms with Crippen molar-refractivity contribution in [1.29, 1.82) is 0 Å². The molecule has 2 aliphatic rings. The standard InChI is InChI=1S/C12H16N4O/c13-12(17)10-5-9(1-3-15-10)16-4-2-8-6-14-7-11(8)16/h1,3,5,8,11,14H,2,4,6-7H2,(H2,13,17)/t8-,11+/m1/s1. The highest BCUT2D eigenvalue weighted by molar-refractivity contribution is 5.91. The SMILES string of the molecule is NC(=O)c1cc(N2CC[C@@H]3CNC[C@@H]32)ccn1. The fourth-order valence-electron chi connectivity index (χ4n) is 2.90. The van der Waals surface area contributed by atoms with Gasteiger partial charge in [0, 0.05) is 37.6 Å². The number of nitrogens with one attached hydrogen (secondary N) is 1. The number of anilines is 1. The molecule has 0 bridgehead atoms. The van der Waals surface area contributed by atoms with Gasteiger partial charge in [0.25, 0.3) is 5.91 Å². The van der Waals surface area contributed by atoms with Gasteiger partial charge in [-0.3, -0.25) is 9.78 Å². The summed E-state index contributed by atoms with van der Waals surface area (Å²) in [6.45, 7) is 3.19. The monoisotopic (exact) mass is 232 g/mol. The summed E-state index contributed by atoms with van der Waals surface area (Å²) < 4.78 is 0. The molecule has 3 rings (SSSR count). The van der Waals surface area contributed by atoms with Crippen molar-refractivity contribution in [3.05, 3.63) is 24.0 Å². The Hall–Kier alpha value is -1.62. The normalized spacial score (nSPS) is 27.2. The van der Waals surface area contributed by atoms with Gasteiger partial charge in [-0.25, -0.2) is 0 Å². The van der Waals surface area contributed by atoms with Crippen LogP contribution in [-0.4, -0.2) is 36.6 Å². The Bertz CT molecular complexity index is 448. The van der Waals surface area contributed by atoms with E-state index in [1.165, 1.54) is 6.42 Å². The molecule has 1 aromatic rings. The van der Waals surface area contributed by atoms with Crippen molar-refractivity contribution in [1.82, 2.24) is 10.3 Å². The smallest absolute Gasteiger partial charge is 0.267 e. The summed E-state index contributed by atoms with van der Waals surface area (Å²) in [6, 6.07) is 4.30. The Morgan fingerprint density at radius 1 is 1.53 bits per heavy atom. The number of pyridine rings is 1. The van der Waals surface area contributed by atoms with Crippen LogP contribution in [0, 0.1) is 5.92 Å². The van der Waals surface area contributed by atoms with Gasteiger partial charge in [-0.05, 0) is 24.5 Å². The summed E-state index contributed by atoms with van der Waals surface area (Å²) >= 11 is 0. The number of nitrogens with zero attached hydrogens (tertiary/aromatic N) is 2. The maximum atomic E-state index is 11.1. The average molecular weight is 232 g/mol. The summed E-state index contributed by atoms with van der Waals surface area (Å²) in [5, 5.41) is 3.41. The molecule has 17 heavy (non-hydrogen) atoms. The molecule has 2 fully saturated rings. The predicted octanol–water partition coefficient (Wildman–Crippen LogP) is -0.0214. The number of fused-ring (bicyclic) bond motifs is 1. The van der Waals surface area contributed by atoms with E-state index in [1.54, 1.807) is 12.3 Å². The first-order valence-electron chi connectivity index (χ1n) is 5.99. The van der Waals surface area contributed by atoms with E-state index in [0.717, 1.165) is 31.2 Å². The van der Waals surface area contributed by atoms with Crippen molar-refractivity contribution in [2.24, 2.45) is 11.7 Å². The molecular weight excluding hydrogens is 216 g/mol. The van der Waals surface area contributed by atoms with Crippen LogP contribution in [0.15, 0.2) is 18.3 Å². The molecule has 2 saturated heterocycles. The van der Waals surface area contributed by atoms with E-state index in [-0.39, 0.29) is 0 Å². The first-order valence-corrected chi connectivity index (χ1v) is 5.99. The minimum atomic E-state index is -0.466. The topological polar surface area (TPSA) is 71.2 Å². The Kier molecular flexibility index (Phi) is 2.48. The van der Waals surface area contributed by atoms with Crippen molar-refractivity contribution in [3.63, 3.8) is 0 Å². The van der Waals surface area contributed by atoms with Crippen LogP contribution in [0.4, 0.5) is 5.69 Å². The van der Waals surface area contributed by atoms with Gasteiger partial charge in [-0.1, -0.05) is 0 Å². The number of nitrogens with two attached hydrogens (primary N) is 1. The summed E-state index contributed by atoms with van der Waals surface area (Å²) in [4.78, 5) is 17.5. The number of primary amides is 1. The number of carbonyl (C=O) groups excluding carboxylic acids is 1. The Morgan fingerprint density at radius 2 is 2.41 bits per heavy atom. The van der Waals surface area contributed by atoms with Crippen LogP contribution in [0.25, 0.3) is 0 Å². The number of hydrogen-bond acceptors (Lipinski definition) is 4. The quantitative estimate of drug-likeness (QED) is 0.751. The second-order valence-corrected chi connectivity index (χ2v) is 4.73. The molecule has 0 spiro atoms. The predicted molar refractivity (Wildman–Crippen MR) is 64.9 cm³/mol. The number of rotatable bonds is 2. The lowest BCUT2D eigenvalue weighted by atomic mass is 10.1. The highest BCUT2D eigenvalue weighted by Crippen LogP contribution is 2.31. The summed E-state index contributed by atoms with van der Waals surface area (Å²) in [5.41, 5.74) is 6.66. The molecule has 2 aliphatic heterocycles. The Labute approximate surface area is 100 Å². The van der Waals surface area contributed by atoms with Crippen LogP contribution in [0.2, 0.25) is 0 Å². The molecule has 1 aromatic heterocycles. The van der Waals surface area contributed by atoms with Crippen LogP contribution >= 0.6 is 0 Å². The molecule has 0 radical (unpaired) electrons. The summed E-state index contributed by atoms with van der Waals surface area (Å²) in [7, 11) is 0. The van der Waals surface area contributed by atoms with Gasteiger partial charge in [-0.2, -0.15) is 0 Å². The molecule has 2 atom stereocenters. The van der Waals surface area contributed by atoms with E-state index in [1.807, 2.05) is 6.07 Å². The molecule has 5 heteroatoms. The first kappa shape index (κ1) is 10.5. The van der Waals surface area contributed by atoms with Crippen molar-refractivity contribution < 1.29 is 4.79 Å². The lowest BCUT2D eigenvalue weighted by Crippen LogP contribution is -2.34.